The second-order valence-corrected chi connectivity index (χ2v) is 2.14. The molecule has 11 heavy (non-hydrogen) atoms. The van der Waals surface area contributed by atoms with Crippen LogP contribution in [0.4, 0.5) is 0 Å². The molecule has 0 aliphatic carbocycles. The molecule has 0 aliphatic heterocycles. The maximum atomic E-state index is 7.18. The first-order valence-corrected chi connectivity index (χ1v) is 3.87. The number of rotatable bonds is 1. The third kappa shape index (κ3) is 5.50. The zero-order chi connectivity index (χ0) is 8.53. The van der Waals surface area contributed by atoms with Gasteiger partial charge in [0.1, 0.15) is 5.40 Å². The molecule has 0 unspecified atom stereocenters. The van der Waals surface area contributed by atoms with Gasteiger partial charge in [-0.05, 0) is 12.0 Å². The molecule has 0 saturated heterocycles. The quantitative estimate of drug-likeness (QED) is 0.502. The van der Waals surface area contributed by atoms with Crippen LogP contribution in [-0.2, 0) is 6.42 Å². The van der Waals surface area contributed by atoms with Crippen LogP contribution in [-0.4, -0.2) is 0 Å². The Balaban J connectivity index is 0.000000292. The highest BCUT2D eigenvalue weighted by Crippen LogP contribution is 1.96. The highest BCUT2D eigenvalue weighted by molar-refractivity contribution is 7.85. The molecule has 0 heterocycles. The van der Waals surface area contributed by atoms with E-state index in [0.717, 1.165) is 6.42 Å². The summed E-state index contributed by atoms with van der Waals surface area (Å²) in [7, 11) is 0. The Bertz CT molecular complexity index is 213. The van der Waals surface area contributed by atoms with Crippen LogP contribution < -0.4 is 0 Å². The van der Waals surface area contributed by atoms with Gasteiger partial charge in [0.25, 0.3) is 0 Å². The Kier molecular flexibility index (Phi) is 6.56. The largest absolute Gasteiger partial charge is 0.185 e. The van der Waals surface area contributed by atoms with Crippen molar-refractivity contribution in [1.29, 1.82) is 5.26 Å². The lowest BCUT2D eigenvalue weighted by molar-refractivity contribution is 1.14. The Morgan fingerprint density at radius 1 is 1.36 bits per heavy atom. The summed E-state index contributed by atoms with van der Waals surface area (Å²) >= 11 is 3.09. The zero-order valence-corrected chi connectivity index (χ0v) is 7.38. The van der Waals surface area contributed by atoms with E-state index in [-0.39, 0.29) is 0 Å². The van der Waals surface area contributed by atoms with Gasteiger partial charge in [0.05, 0.1) is 0 Å². The fourth-order valence-corrected chi connectivity index (χ4v) is 0.714. The van der Waals surface area contributed by atoms with Crippen molar-refractivity contribution < 1.29 is 0 Å². The number of nitrogens with zero attached hydrogens (tertiary/aromatic N) is 1. The maximum Gasteiger partial charge on any atom is 0.130 e. The zero-order valence-electron chi connectivity index (χ0n) is 6.49. The number of hydrogen-bond donors (Lipinski definition) is 1. The third-order valence-electron chi connectivity index (χ3n) is 1.25. The van der Waals surface area contributed by atoms with Crippen molar-refractivity contribution in [1.82, 2.24) is 0 Å². The van der Waals surface area contributed by atoms with Crippen molar-refractivity contribution >= 4 is 12.6 Å². The van der Waals surface area contributed by atoms with Crippen molar-refractivity contribution in [3.8, 4) is 5.40 Å². The van der Waals surface area contributed by atoms with Crippen molar-refractivity contribution in [2.75, 3.05) is 0 Å². The highest BCUT2D eigenvalue weighted by Gasteiger charge is 1.79. The molecule has 0 fully saturated rings. The van der Waals surface area contributed by atoms with Gasteiger partial charge in [0, 0.05) is 0 Å². The molecule has 0 N–H and O–H groups in total. The van der Waals surface area contributed by atoms with Gasteiger partial charge in [-0.15, -0.1) is 0 Å². The Morgan fingerprint density at radius 2 is 1.82 bits per heavy atom. The molecule has 0 spiro atoms. The van der Waals surface area contributed by atoms with Crippen molar-refractivity contribution in [3.63, 3.8) is 0 Å². The van der Waals surface area contributed by atoms with Gasteiger partial charge >= 0.3 is 0 Å². The first-order chi connectivity index (χ1) is 5.35. The summed E-state index contributed by atoms with van der Waals surface area (Å²) in [6.45, 7) is 2.16. The molecule has 0 saturated carbocycles. The van der Waals surface area contributed by atoms with E-state index in [0.29, 0.717) is 0 Å². The molecule has 1 aromatic carbocycles. The lowest BCUT2D eigenvalue weighted by Crippen LogP contribution is -1.73. The lowest BCUT2D eigenvalue weighted by atomic mass is 10.2. The van der Waals surface area contributed by atoms with E-state index in [4.69, 9.17) is 5.26 Å². The highest BCUT2D eigenvalue weighted by atomic mass is 32.1. The Labute approximate surface area is 73.1 Å². The first-order valence-electron chi connectivity index (χ1n) is 3.42. The molecule has 0 atom stereocenters. The number of thiocyanates is 1. The van der Waals surface area contributed by atoms with E-state index < -0.39 is 0 Å². The van der Waals surface area contributed by atoms with Crippen LogP contribution in [0.15, 0.2) is 30.3 Å². The molecule has 0 aromatic heterocycles. The van der Waals surface area contributed by atoms with Crippen LogP contribution in [0.1, 0.15) is 12.5 Å². The summed E-state index contributed by atoms with van der Waals surface area (Å²) in [6, 6.07) is 10.5. The SMILES string of the molecule is CCc1ccccc1.N#CS. The van der Waals surface area contributed by atoms with Gasteiger partial charge in [-0.1, -0.05) is 49.9 Å². The van der Waals surface area contributed by atoms with E-state index in [1.165, 1.54) is 11.0 Å². The van der Waals surface area contributed by atoms with Gasteiger partial charge in [-0.25, -0.2) is 0 Å². The van der Waals surface area contributed by atoms with Crippen LogP contribution in [0.25, 0.3) is 0 Å². The molecular formula is C9H11NS. The summed E-state index contributed by atoms with van der Waals surface area (Å²) < 4.78 is 0. The monoisotopic (exact) mass is 165 g/mol. The van der Waals surface area contributed by atoms with Crippen molar-refractivity contribution in [2.45, 2.75) is 13.3 Å². The molecular weight excluding hydrogens is 154 g/mol. The normalized spacial score (nSPS) is 7.36. The number of nitriles is 1. The molecule has 58 valence electrons. The minimum absolute atomic E-state index is 1.14. The van der Waals surface area contributed by atoms with Crippen LogP contribution in [0.5, 0.6) is 0 Å². The molecule has 2 heteroatoms. The number of benzene rings is 1. The molecule has 1 rings (SSSR count). The minimum atomic E-state index is 1.14. The standard InChI is InChI=1S/C8H10.CHNS/c1-2-8-6-4-3-5-7-8;2-1-3/h3-7H,2H2,1H3;3H. The molecule has 0 radical (unpaired) electrons. The lowest BCUT2D eigenvalue weighted by Gasteiger charge is -1.89. The topological polar surface area (TPSA) is 23.8 Å². The molecule has 1 aromatic rings. The average Bonchev–Trinajstić information content (AvgIpc) is 2.08. The van der Waals surface area contributed by atoms with E-state index in [1.807, 2.05) is 6.07 Å². The third-order valence-corrected chi connectivity index (χ3v) is 1.25. The summed E-state index contributed by atoms with van der Waals surface area (Å²) in [4.78, 5) is 0. The molecule has 0 amide bonds. The number of thiol groups is 1. The van der Waals surface area contributed by atoms with Crippen LogP contribution in [0.2, 0.25) is 0 Å². The second kappa shape index (κ2) is 7.17. The summed E-state index contributed by atoms with van der Waals surface area (Å²) in [5, 5.41) is 8.63. The van der Waals surface area contributed by atoms with Gasteiger partial charge in [-0.3, -0.25) is 0 Å². The van der Waals surface area contributed by atoms with Gasteiger partial charge < -0.3 is 0 Å². The minimum Gasteiger partial charge on any atom is -0.185 e. The Morgan fingerprint density at radius 3 is 2.09 bits per heavy atom. The fourth-order valence-electron chi connectivity index (χ4n) is 0.714. The van der Waals surface area contributed by atoms with E-state index >= 15 is 0 Å². The molecule has 1 nitrogen and oxygen atoms in total. The fraction of sp³-hybridized carbons (Fsp3) is 0.222. The van der Waals surface area contributed by atoms with Crippen molar-refractivity contribution in [3.05, 3.63) is 35.9 Å². The summed E-state index contributed by atoms with van der Waals surface area (Å²) in [5.41, 5.74) is 1.41. The first kappa shape index (κ1) is 10.1. The summed E-state index contributed by atoms with van der Waals surface area (Å²) in [6.07, 6.45) is 1.14. The average molecular weight is 165 g/mol. The van der Waals surface area contributed by atoms with E-state index in [1.54, 1.807) is 0 Å². The van der Waals surface area contributed by atoms with Crippen molar-refractivity contribution in [2.24, 2.45) is 0 Å². The van der Waals surface area contributed by atoms with Crippen LogP contribution >= 0.6 is 12.6 Å². The van der Waals surface area contributed by atoms with Crippen LogP contribution in [0, 0.1) is 10.7 Å². The van der Waals surface area contributed by atoms with Gasteiger partial charge in [0.15, 0.2) is 0 Å². The van der Waals surface area contributed by atoms with E-state index in [2.05, 4.69) is 43.8 Å². The van der Waals surface area contributed by atoms with Gasteiger partial charge in [0.2, 0.25) is 0 Å². The van der Waals surface area contributed by atoms with Gasteiger partial charge in [-0.2, -0.15) is 5.26 Å². The predicted octanol–water partition coefficient (Wildman–Crippen LogP) is 2.65. The number of hydrogen-bond acceptors (Lipinski definition) is 2. The van der Waals surface area contributed by atoms with E-state index in [9.17, 15) is 0 Å². The molecule has 0 bridgehead atoms. The second-order valence-electron chi connectivity index (χ2n) is 1.94. The smallest absolute Gasteiger partial charge is 0.130 e. The Hall–Kier alpha value is -0.940. The molecule has 0 aliphatic rings. The maximum absolute atomic E-state index is 7.18. The predicted molar refractivity (Wildman–Crippen MR) is 50.4 cm³/mol. The summed E-state index contributed by atoms with van der Waals surface area (Å²) in [5.74, 6) is 0. The number of aryl methyl sites for hydroxylation is 1. The van der Waals surface area contributed by atoms with Crippen LogP contribution in [0.3, 0.4) is 0 Å².